The molecule has 3 nitrogen and oxygen atoms in total. The molecule has 0 fully saturated rings. The molecule has 2 rings (SSSR count). The molecule has 1 aromatic carbocycles. The fraction of sp³-hybridized carbons (Fsp3) is 0.154. The van der Waals surface area contributed by atoms with E-state index in [1.807, 2.05) is 37.3 Å². The third-order valence-electron chi connectivity index (χ3n) is 2.24. The number of nitrogens with one attached hydrogen (secondary N) is 1. The van der Waals surface area contributed by atoms with Crippen LogP contribution in [0.2, 0.25) is 0 Å². The van der Waals surface area contributed by atoms with Crippen molar-refractivity contribution < 1.29 is 9.21 Å². The van der Waals surface area contributed by atoms with Gasteiger partial charge in [-0.1, -0.05) is 29.8 Å². The molecule has 1 amide bonds. The first kappa shape index (κ1) is 10.5. The number of amides is 1. The highest BCUT2D eigenvalue weighted by atomic mass is 16.4. The number of aryl methyl sites for hydroxylation is 1. The summed E-state index contributed by atoms with van der Waals surface area (Å²) in [6.45, 7) is 3.49. The van der Waals surface area contributed by atoms with Gasteiger partial charge in [0.05, 0.1) is 0 Å². The van der Waals surface area contributed by atoms with E-state index in [0.29, 0.717) is 5.88 Å². The van der Waals surface area contributed by atoms with Crippen LogP contribution in [0.4, 0.5) is 5.88 Å². The smallest absolute Gasteiger partial charge is 0.223 e. The Morgan fingerprint density at radius 1 is 1.12 bits per heavy atom. The maximum atomic E-state index is 10.8. The van der Waals surface area contributed by atoms with Gasteiger partial charge in [0.15, 0.2) is 5.88 Å². The molecule has 0 saturated heterocycles. The average Bonchev–Trinajstić information content (AvgIpc) is 2.66. The van der Waals surface area contributed by atoms with E-state index >= 15 is 0 Å². The minimum atomic E-state index is -0.134. The Labute approximate surface area is 94.1 Å². The van der Waals surface area contributed by atoms with Gasteiger partial charge >= 0.3 is 0 Å². The van der Waals surface area contributed by atoms with E-state index in [1.165, 1.54) is 12.5 Å². The molecule has 0 atom stereocenters. The van der Waals surface area contributed by atoms with Crippen LogP contribution >= 0.6 is 0 Å². The van der Waals surface area contributed by atoms with Gasteiger partial charge in [-0.3, -0.25) is 10.1 Å². The molecule has 16 heavy (non-hydrogen) atoms. The predicted molar refractivity (Wildman–Crippen MR) is 63.2 cm³/mol. The molecule has 0 aliphatic heterocycles. The summed E-state index contributed by atoms with van der Waals surface area (Å²) in [5.41, 5.74) is 2.21. The summed E-state index contributed by atoms with van der Waals surface area (Å²) in [6.07, 6.45) is 0. The summed E-state index contributed by atoms with van der Waals surface area (Å²) in [5.74, 6) is 1.09. The van der Waals surface area contributed by atoms with Crippen molar-refractivity contribution in [1.82, 2.24) is 0 Å². The molecule has 0 saturated carbocycles. The first-order valence-corrected chi connectivity index (χ1v) is 5.09. The van der Waals surface area contributed by atoms with Gasteiger partial charge in [-0.15, -0.1) is 0 Å². The van der Waals surface area contributed by atoms with E-state index in [0.717, 1.165) is 11.3 Å². The molecule has 2 aromatic rings. The average molecular weight is 215 g/mol. The highest BCUT2D eigenvalue weighted by Gasteiger charge is 2.04. The zero-order chi connectivity index (χ0) is 11.5. The van der Waals surface area contributed by atoms with E-state index < -0.39 is 0 Å². The van der Waals surface area contributed by atoms with E-state index in [-0.39, 0.29) is 5.91 Å². The highest BCUT2D eigenvalue weighted by molar-refractivity contribution is 5.87. The van der Waals surface area contributed by atoms with Crippen LogP contribution in [0.3, 0.4) is 0 Å². The van der Waals surface area contributed by atoms with Gasteiger partial charge in [-0.25, -0.2) is 0 Å². The van der Waals surface area contributed by atoms with Crippen LogP contribution in [0.25, 0.3) is 11.3 Å². The minimum absolute atomic E-state index is 0.134. The van der Waals surface area contributed by atoms with Crippen molar-refractivity contribution in [3.63, 3.8) is 0 Å². The topological polar surface area (TPSA) is 42.2 Å². The minimum Gasteiger partial charge on any atom is -0.440 e. The Morgan fingerprint density at radius 3 is 2.44 bits per heavy atom. The molecule has 0 aliphatic carbocycles. The molecule has 1 aromatic heterocycles. The van der Waals surface area contributed by atoms with E-state index in [9.17, 15) is 4.79 Å². The van der Waals surface area contributed by atoms with Crippen LogP contribution in [-0.2, 0) is 4.79 Å². The molecule has 0 radical (unpaired) electrons. The summed E-state index contributed by atoms with van der Waals surface area (Å²) >= 11 is 0. The Balaban J connectivity index is 2.24. The highest BCUT2D eigenvalue weighted by Crippen LogP contribution is 2.24. The van der Waals surface area contributed by atoms with Gasteiger partial charge in [0, 0.05) is 18.6 Å². The molecule has 0 spiro atoms. The zero-order valence-corrected chi connectivity index (χ0v) is 9.28. The lowest BCUT2D eigenvalue weighted by atomic mass is 10.1. The number of carbonyl (C=O) groups is 1. The molecule has 0 unspecified atom stereocenters. The van der Waals surface area contributed by atoms with Crippen molar-refractivity contribution in [3.05, 3.63) is 42.0 Å². The normalized spacial score (nSPS) is 10.1. The molecular weight excluding hydrogens is 202 g/mol. The van der Waals surface area contributed by atoms with E-state index in [2.05, 4.69) is 5.32 Å². The van der Waals surface area contributed by atoms with Gasteiger partial charge in [-0.2, -0.15) is 0 Å². The quantitative estimate of drug-likeness (QED) is 0.835. The second-order valence-electron chi connectivity index (χ2n) is 3.71. The van der Waals surface area contributed by atoms with Crippen LogP contribution in [0.1, 0.15) is 12.5 Å². The van der Waals surface area contributed by atoms with Crippen molar-refractivity contribution in [2.75, 3.05) is 5.32 Å². The van der Waals surface area contributed by atoms with Gasteiger partial charge in [0.1, 0.15) is 5.76 Å². The lowest BCUT2D eigenvalue weighted by Crippen LogP contribution is -2.04. The first-order chi connectivity index (χ1) is 7.65. The van der Waals surface area contributed by atoms with Crippen molar-refractivity contribution >= 4 is 11.8 Å². The van der Waals surface area contributed by atoms with Gasteiger partial charge in [0.2, 0.25) is 5.91 Å². The van der Waals surface area contributed by atoms with Crippen LogP contribution in [0.15, 0.2) is 40.8 Å². The second kappa shape index (κ2) is 4.23. The van der Waals surface area contributed by atoms with Crippen LogP contribution in [-0.4, -0.2) is 5.91 Å². The van der Waals surface area contributed by atoms with Crippen molar-refractivity contribution in [2.24, 2.45) is 0 Å². The fourth-order valence-electron chi connectivity index (χ4n) is 1.45. The van der Waals surface area contributed by atoms with Crippen LogP contribution in [0.5, 0.6) is 0 Å². The second-order valence-corrected chi connectivity index (χ2v) is 3.71. The number of anilines is 1. The maximum absolute atomic E-state index is 10.8. The van der Waals surface area contributed by atoms with Crippen LogP contribution < -0.4 is 5.32 Å². The zero-order valence-electron chi connectivity index (χ0n) is 9.28. The lowest BCUT2D eigenvalue weighted by Gasteiger charge is -1.98. The van der Waals surface area contributed by atoms with Gasteiger partial charge < -0.3 is 4.42 Å². The number of carbonyl (C=O) groups excluding carboxylic acids is 1. The molecule has 1 heterocycles. The standard InChI is InChI=1S/C13H13NO2/c1-9-3-5-11(6-4-9)12-7-8-13(16-12)14-10(2)15/h3-8H,1-2H3,(H,14,15). The summed E-state index contributed by atoms with van der Waals surface area (Å²) in [6, 6.07) is 11.6. The van der Waals surface area contributed by atoms with E-state index in [4.69, 9.17) is 4.42 Å². The number of hydrogen-bond acceptors (Lipinski definition) is 2. The monoisotopic (exact) mass is 215 g/mol. The SMILES string of the molecule is CC(=O)Nc1ccc(-c2ccc(C)cc2)o1. The Bertz CT molecular complexity index is 497. The fourth-order valence-corrected chi connectivity index (χ4v) is 1.45. The lowest BCUT2D eigenvalue weighted by molar-refractivity contribution is -0.114. The predicted octanol–water partition coefficient (Wildman–Crippen LogP) is 3.21. The largest absolute Gasteiger partial charge is 0.440 e. The number of rotatable bonds is 2. The first-order valence-electron chi connectivity index (χ1n) is 5.09. The molecule has 0 bridgehead atoms. The Kier molecular flexibility index (Phi) is 2.77. The molecule has 0 aliphatic rings. The van der Waals surface area contributed by atoms with Crippen LogP contribution in [0, 0.1) is 6.92 Å². The summed E-state index contributed by atoms with van der Waals surface area (Å²) in [5, 5.41) is 2.60. The number of hydrogen-bond donors (Lipinski definition) is 1. The third-order valence-corrected chi connectivity index (χ3v) is 2.24. The molecule has 3 heteroatoms. The maximum Gasteiger partial charge on any atom is 0.223 e. The van der Waals surface area contributed by atoms with Crippen molar-refractivity contribution in [2.45, 2.75) is 13.8 Å². The Hall–Kier alpha value is -2.03. The van der Waals surface area contributed by atoms with Gasteiger partial charge in [0.25, 0.3) is 0 Å². The third kappa shape index (κ3) is 2.31. The summed E-state index contributed by atoms with van der Waals surface area (Å²) in [7, 11) is 0. The number of benzene rings is 1. The van der Waals surface area contributed by atoms with Crippen molar-refractivity contribution in [1.29, 1.82) is 0 Å². The Morgan fingerprint density at radius 2 is 1.81 bits per heavy atom. The summed E-state index contributed by atoms with van der Waals surface area (Å²) in [4.78, 5) is 10.8. The summed E-state index contributed by atoms with van der Waals surface area (Å²) < 4.78 is 5.49. The molecule has 1 N–H and O–H groups in total. The molecular formula is C13H13NO2. The van der Waals surface area contributed by atoms with E-state index in [1.54, 1.807) is 6.07 Å². The number of furan rings is 1. The molecule has 82 valence electrons. The van der Waals surface area contributed by atoms with Crippen molar-refractivity contribution in [3.8, 4) is 11.3 Å². The van der Waals surface area contributed by atoms with Gasteiger partial charge in [-0.05, 0) is 13.0 Å².